The van der Waals surface area contributed by atoms with Gasteiger partial charge in [0, 0.05) is 5.69 Å². The molecule has 4 aromatic carbocycles. The van der Waals surface area contributed by atoms with E-state index in [0.717, 1.165) is 48.5 Å². The van der Waals surface area contributed by atoms with Crippen LogP contribution in [0.5, 0.6) is 11.5 Å². The Labute approximate surface area is 218 Å². The summed E-state index contributed by atoms with van der Waals surface area (Å²) in [5, 5.41) is 11.6. The van der Waals surface area contributed by atoms with Gasteiger partial charge in [0.05, 0.1) is 12.2 Å². The number of nitrogens with zero attached hydrogens (tertiary/aromatic N) is 1. The predicted octanol–water partition coefficient (Wildman–Crippen LogP) is 7.48. The van der Waals surface area contributed by atoms with Gasteiger partial charge in [0.1, 0.15) is 17.6 Å². The smallest absolute Gasteiger partial charge is 0.341 e. The van der Waals surface area contributed by atoms with Crippen LogP contribution < -0.4 is 14.4 Å². The Morgan fingerprint density at radius 2 is 1.84 bits per heavy atom. The van der Waals surface area contributed by atoms with Crippen molar-refractivity contribution >= 4 is 28.1 Å². The summed E-state index contributed by atoms with van der Waals surface area (Å²) in [6.07, 6.45) is 3.23. The molecule has 0 bridgehead atoms. The summed E-state index contributed by atoms with van der Waals surface area (Å²) in [4.78, 5) is 13.2. The molecule has 5 heteroatoms. The molecule has 5 rings (SSSR count). The van der Waals surface area contributed by atoms with Crippen LogP contribution in [0.2, 0.25) is 0 Å². The normalized spacial score (nSPS) is 15.6. The molecular weight excluding hydrogens is 462 g/mol. The van der Waals surface area contributed by atoms with Crippen molar-refractivity contribution in [1.82, 2.24) is 0 Å². The van der Waals surface area contributed by atoms with Gasteiger partial charge in [-0.15, -0.1) is 0 Å². The number of rotatable bonds is 9. The molecule has 4 aromatic rings. The van der Waals surface area contributed by atoms with Crippen LogP contribution in [0.25, 0.3) is 10.8 Å². The van der Waals surface area contributed by atoms with Crippen molar-refractivity contribution in [1.29, 1.82) is 0 Å². The van der Waals surface area contributed by atoms with Gasteiger partial charge in [-0.25, -0.2) is 4.79 Å². The molecule has 37 heavy (non-hydrogen) atoms. The topological polar surface area (TPSA) is 59.0 Å². The molecule has 1 aliphatic rings. The number of hydrogen-bond acceptors (Lipinski definition) is 4. The third kappa shape index (κ3) is 5.56. The molecule has 1 aliphatic heterocycles. The Bertz CT molecular complexity index is 1390. The van der Waals surface area contributed by atoms with Gasteiger partial charge in [0.25, 0.3) is 0 Å². The molecule has 0 amide bonds. The Morgan fingerprint density at radius 1 is 1.05 bits per heavy atom. The fourth-order valence-corrected chi connectivity index (χ4v) is 5.28. The second kappa shape index (κ2) is 11.0. The lowest BCUT2D eigenvalue weighted by atomic mass is 9.90. The first-order chi connectivity index (χ1) is 18.0. The Hall–Kier alpha value is -3.99. The summed E-state index contributed by atoms with van der Waals surface area (Å²) in [7, 11) is 0. The van der Waals surface area contributed by atoms with E-state index in [1.807, 2.05) is 37.3 Å². The number of carboxylic acid groups (broad SMARTS) is 1. The molecule has 0 saturated heterocycles. The van der Waals surface area contributed by atoms with Crippen molar-refractivity contribution in [3.8, 4) is 11.5 Å². The number of hydrogen-bond donors (Lipinski definition) is 1. The number of fused-ring (bicyclic) bond motifs is 2. The van der Waals surface area contributed by atoms with Crippen molar-refractivity contribution in [3.05, 3.63) is 96.1 Å². The van der Waals surface area contributed by atoms with Crippen LogP contribution in [-0.4, -0.2) is 30.3 Å². The minimum Gasteiger partial charge on any atom is -0.486 e. The summed E-state index contributed by atoms with van der Waals surface area (Å²) in [6.45, 7) is 4.68. The molecule has 0 aromatic heterocycles. The van der Waals surface area contributed by atoms with Crippen molar-refractivity contribution in [2.24, 2.45) is 0 Å². The van der Waals surface area contributed by atoms with Crippen LogP contribution in [0.15, 0.2) is 84.9 Å². The average molecular weight is 496 g/mol. The zero-order valence-corrected chi connectivity index (χ0v) is 21.4. The number of para-hydroxylation sites is 2. The van der Waals surface area contributed by atoms with E-state index in [1.165, 1.54) is 16.3 Å². The van der Waals surface area contributed by atoms with Gasteiger partial charge in [-0.3, -0.25) is 0 Å². The van der Waals surface area contributed by atoms with E-state index in [9.17, 15) is 4.79 Å². The van der Waals surface area contributed by atoms with Crippen molar-refractivity contribution in [2.45, 2.75) is 45.1 Å². The van der Waals surface area contributed by atoms with Crippen molar-refractivity contribution in [2.75, 3.05) is 18.1 Å². The highest BCUT2D eigenvalue weighted by molar-refractivity contribution is 5.86. The summed E-state index contributed by atoms with van der Waals surface area (Å²) in [6, 6.07) is 29.3. The summed E-state index contributed by atoms with van der Waals surface area (Å²) in [5.41, 5.74) is 4.41. The van der Waals surface area contributed by atoms with Crippen LogP contribution >= 0.6 is 0 Å². The molecule has 0 saturated carbocycles. The molecule has 0 radical (unpaired) electrons. The van der Waals surface area contributed by atoms with Crippen LogP contribution in [0, 0.1) is 6.92 Å². The van der Waals surface area contributed by atoms with Gasteiger partial charge in [-0.05, 0) is 84.3 Å². The molecule has 190 valence electrons. The quantitative estimate of drug-likeness (QED) is 0.261. The van der Waals surface area contributed by atoms with Gasteiger partial charge >= 0.3 is 5.97 Å². The molecular formula is C32H33NO4. The van der Waals surface area contributed by atoms with E-state index in [0.29, 0.717) is 11.7 Å². The standard InChI is InChI=1S/C32H33NO4/c1-22(27-14-8-11-24-10-3-4-13-28(24)27)9-7-12-26-20-33(29-15-5-6-16-31(29)37-26)25-17-18-30(23(2)19-25)36-21-32(34)35/h3-6,8,10-11,13-19,22,26H,7,9,12,20-21H2,1-2H3,(H,34,35)/t22-,26?/m0/s1. The van der Waals surface area contributed by atoms with Crippen molar-refractivity contribution < 1.29 is 19.4 Å². The number of aryl methyl sites for hydroxylation is 1. The first-order valence-corrected chi connectivity index (χ1v) is 13.0. The van der Waals surface area contributed by atoms with E-state index in [4.69, 9.17) is 14.6 Å². The van der Waals surface area contributed by atoms with Crippen molar-refractivity contribution in [3.63, 3.8) is 0 Å². The molecule has 0 fully saturated rings. The number of anilines is 2. The monoisotopic (exact) mass is 495 g/mol. The fourth-order valence-electron chi connectivity index (χ4n) is 5.28. The SMILES string of the molecule is Cc1cc(N2CC(CCC[C@H](C)c3cccc4ccccc34)Oc3ccccc32)ccc1OCC(=O)O. The Kier molecular flexibility index (Phi) is 7.31. The highest BCUT2D eigenvalue weighted by Crippen LogP contribution is 2.40. The number of benzene rings is 4. The lowest BCUT2D eigenvalue weighted by Crippen LogP contribution is -2.37. The van der Waals surface area contributed by atoms with Crippen LogP contribution in [-0.2, 0) is 4.79 Å². The maximum atomic E-state index is 10.9. The first kappa shape index (κ1) is 24.7. The average Bonchev–Trinajstić information content (AvgIpc) is 2.91. The highest BCUT2D eigenvalue weighted by Gasteiger charge is 2.27. The second-order valence-electron chi connectivity index (χ2n) is 9.85. The molecule has 0 aliphatic carbocycles. The van der Waals surface area contributed by atoms with Crippen LogP contribution in [0.3, 0.4) is 0 Å². The maximum absolute atomic E-state index is 10.9. The molecule has 0 spiro atoms. The summed E-state index contributed by atoms with van der Waals surface area (Å²) in [5.74, 6) is 0.971. The molecule has 1 heterocycles. The fraction of sp³-hybridized carbons (Fsp3) is 0.281. The maximum Gasteiger partial charge on any atom is 0.341 e. The third-order valence-electron chi connectivity index (χ3n) is 7.17. The van der Waals surface area contributed by atoms with Crippen LogP contribution in [0.4, 0.5) is 11.4 Å². The van der Waals surface area contributed by atoms with Gasteiger partial charge in [0.15, 0.2) is 6.61 Å². The zero-order chi connectivity index (χ0) is 25.8. The molecule has 5 nitrogen and oxygen atoms in total. The minimum atomic E-state index is -0.983. The third-order valence-corrected chi connectivity index (χ3v) is 7.17. The minimum absolute atomic E-state index is 0.0814. The number of ether oxygens (including phenoxy) is 2. The van der Waals surface area contributed by atoms with Gasteiger partial charge in [0.2, 0.25) is 0 Å². The number of carbonyl (C=O) groups is 1. The molecule has 2 atom stereocenters. The van der Waals surface area contributed by atoms with Gasteiger partial charge in [-0.1, -0.05) is 61.5 Å². The lowest BCUT2D eigenvalue weighted by Gasteiger charge is -2.36. The highest BCUT2D eigenvalue weighted by atomic mass is 16.5. The molecule has 1 unspecified atom stereocenters. The number of carboxylic acids is 1. The van der Waals surface area contributed by atoms with E-state index in [2.05, 4.69) is 66.4 Å². The first-order valence-electron chi connectivity index (χ1n) is 13.0. The van der Waals surface area contributed by atoms with E-state index in [1.54, 1.807) is 0 Å². The largest absolute Gasteiger partial charge is 0.486 e. The van der Waals surface area contributed by atoms with Crippen LogP contribution in [0.1, 0.15) is 43.2 Å². The van der Waals surface area contributed by atoms with Gasteiger partial charge < -0.3 is 19.5 Å². The summed E-state index contributed by atoms with van der Waals surface area (Å²) >= 11 is 0. The molecule has 1 N–H and O–H groups in total. The lowest BCUT2D eigenvalue weighted by molar-refractivity contribution is -0.139. The Balaban J connectivity index is 1.28. The number of aliphatic carboxylic acids is 1. The zero-order valence-electron chi connectivity index (χ0n) is 21.4. The van der Waals surface area contributed by atoms with E-state index < -0.39 is 5.97 Å². The Morgan fingerprint density at radius 3 is 2.68 bits per heavy atom. The predicted molar refractivity (Wildman–Crippen MR) is 148 cm³/mol. The van der Waals surface area contributed by atoms with E-state index >= 15 is 0 Å². The van der Waals surface area contributed by atoms with Gasteiger partial charge in [-0.2, -0.15) is 0 Å². The summed E-state index contributed by atoms with van der Waals surface area (Å²) < 4.78 is 11.9. The van der Waals surface area contributed by atoms with E-state index in [-0.39, 0.29) is 12.7 Å². The second-order valence-corrected chi connectivity index (χ2v) is 9.85.